The fourth-order valence-corrected chi connectivity index (χ4v) is 3.15. The molecule has 0 bridgehead atoms. The van der Waals surface area contributed by atoms with Gasteiger partial charge in [-0.25, -0.2) is 4.98 Å². The lowest BCUT2D eigenvalue weighted by molar-refractivity contribution is 0.102. The summed E-state index contributed by atoms with van der Waals surface area (Å²) >= 11 is 0. The van der Waals surface area contributed by atoms with E-state index in [1.807, 2.05) is 90.4 Å². The van der Waals surface area contributed by atoms with Crippen LogP contribution in [0.25, 0.3) is 16.9 Å². The zero-order valence-electron chi connectivity index (χ0n) is 16.2. The Morgan fingerprint density at radius 3 is 2.54 bits per heavy atom. The van der Waals surface area contributed by atoms with Gasteiger partial charge in [-0.05, 0) is 48.9 Å². The van der Waals surface area contributed by atoms with E-state index in [-0.39, 0.29) is 5.91 Å². The SMILES string of the molecule is Cc1cccn2cc(-c3ccc(NC(=O)c4cccc(N(C)C)c4)cc3)nc12. The molecule has 0 fully saturated rings. The number of carbonyl (C=O) groups excluding carboxylic acids is 1. The molecule has 2 aromatic heterocycles. The van der Waals surface area contributed by atoms with Crippen molar-refractivity contribution in [1.29, 1.82) is 0 Å². The first-order chi connectivity index (χ1) is 13.5. The van der Waals surface area contributed by atoms with E-state index in [9.17, 15) is 4.79 Å². The molecule has 1 N–H and O–H groups in total. The minimum atomic E-state index is -0.125. The van der Waals surface area contributed by atoms with Gasteiger partial charge in [0.15, 0.2) is 0 Å². The summed E-state index contributed by atoms with van der Waals surface area (Å²) in [4.78, 5) is 19.2. The highest BCUT2D eigenvalue weighted by Gasteiger charge is 2.09. The van der Waals surface area contributed by atoms with E-state index in [1.54, 1.807) is 0 Å². The molecule has 140 valence electrons. The molecule has 2 heterocycles. The Morgan fingerprint density at radius 2 is 1.82 bits per heavy atom. The third-order valence-corrected chi connectivity index (χ3v) is 4.74. The Morgan fingerprint density at radius 1 is 1.04 bits per heavy atom. The molecule has 1 amide bonds. The van der Waals surface area contributed by atoms with Gasteiger partial charge in [0.25, 0.3) is 5.91 Å². The molecule has 0 unspecified atom stereocenters. The summed E-state index contributed by atoms with van der Waals surface area (Å²) in [6.07, 6.45) is 4.01. The predicted octanol–water partition coefficient (Wildman–Crippen LogP) is 4.63. The highest BCUT2D eigenvalue weighted by molar-refractivity contribution is 6.04. The van der Waals surface area contributed by atoms with Crippen molar-refractivity contribution in [3.05, 3.63) is 84.2 Å². The maximum absolute atomic E-state index is 12.6. The number of hydrogen-bond donors (Lipinski definition) is 1. The standard InChI is InChI=1S/C23H22N4O/c1-16-6-5-13-27-15-21(25-22(16)27)17-9-11-19(12-10-17)24-23(28)18-7-4-8-20(14-18)26(2)3/h4-15H,1-3H3,(H,24,28). The number of benzene rings is 2. The number of rotatable bonds is 4. The van der Waals surface area contributed by atoms with E-state index in [1.165, 1.54) is 0 Å². The van der Waals surface area contributed by atoms with Crippen LogP contribution in [0.15, 0.2) is 73.1 Å². The number of fused-ring (bicyclic) bond motifs is 1. The summed E-state index contributed by atoms with van der Waals surface area (Å²) in [5.74, 6) is -0.125. The maximum Gasteiger partial charge on any atom is 0.255 e. The molecule has 4 rings (SSSR count). The van der Waals surface area contributed by atoms with Crippen molar-refractivity contribution in [1.82, 2.24) is 9.38 Å². The zero-order chi connectivity index (χ0) is 19.7. The monoisotopic (exact) mass is 370 g/mol. The van der Waals surface area contributed by atoms with E-state index in [0.29, 0.717) is 5.56 Å². The first-order valence-corrected chi connectivity index (χ1v) is 9.15. The molecule has 0 atom stereocenters. The number of imidazole rings is 1. The summed E-state index contributed by atoms with van der Waals surface area (Å²) < 4.78 is 2.03. The number of aryl methyl sites for hydroxylation is 1. The molecular weight excluding hydrogens is 348 g/mol. The van der Waals surface area contributed by atoms with Gasteiger partial charge in [-0.1, -0.05) is 24.3 Å². The average Bonchev–Trinajstić information content (AvgIpc) is 3.14. The fraction of sp³-hybridized carbons (Fsp3) is 0.130. The smallest absolute Gasteiger partial charge is 0.255 e. The molecule has 0 radical (unpaired) electrons. The van der Waals surface area contributed by atoms with Gasteiger partial charge in [0.1, 0.15) is 5.65 Å². The van der Waals surface area contributed by atoms with Gasteiger partial charge in [-0.3, -0.25) is 4.79 Å². The molecule has 0 aliphatic rings. The van der Waals surface area contributed by atoms with E-state index in [2.05, 4.69) is 18.3 Å². The van der Waals surface area contributed by atoms with Gasteiger partial charge in [0.05, 0.1) is 5.69 Å². The third-order valence-electron chi connectivity index (χ3n) is 4.74. The highest BCUT2D eigenvalue weighted by Crippen LogP contribution is 2.23. The molecular formula is C23H22N4O. The molecule has 4 aromatic rings. The van der Waals surface area contributed by atoms with Gasteiger partial charge in [0.2, 0.25) is 0 Å². The van der Waals surface area contributed by atoms with Gasteiger partial charge in [0, 0.05) is 49.0 Å². The Kier molecular flexibility index (Phi) is 4.57. The van der Waals surface area contributed by atoms with Crippen LogP contribution in [0, 0.1) is 6.92 Å². The molecule has 0 aliphatic carbocycles. The van der Waals surface area contributed by atoms with Gasteiger partial charge in [-0.15, -0.1) is 0 Å². The minimum absolute atomic E-state index is 0.125. The Bertz CT molecular complexity index is 1140. The Labute approximate surface area is 164 Å². The van der Waals surface area contributed by atoms with Gasteiger partial charge in [-0.2, -0.15) is 0 Å². The van der Waals surface area contributed by atoms with Crippen LogP contribution in [0.5, 0.6) is 0 Å². The van der Waals surface area contributed by atoms with Crippen LogP contribution in [-0.4, -0.2) is 29.4 Å². The number of nitrogens with zero attached hydrogens (tertiary/aromatic N) is 3. The zero-order valence-corrected chi connectivity index (χ0v) is 16.2. The number of hydrogen-bond acceptors (Lipinski definition) is 3. The van der Waals surface area contributed by atoms with Crippen LogP contribution in [0.2, 0.25) is 0 Å². The largest absolute Gasteiger partial charge is 0.378 e. The number of amides is 1. The Balaban J connectivity index is 1.53. The lowest BCUT2D eigenvalue weighted by Gasteiger charge is -2.13. The number of anilines is 2. The lowest BCUT2D eigenvalue weighted by Crippen LogP contribution is -2.14. The first kappa shape index (κ1) is 17.8. The molecule has 0 aliphatic heterocycles. The molecule has 28 heavy (non-hydrogen) atoms. The van der Waals surface area contributed by atoms with Crippen LogP contribution >= 0.6 is 0 Å². The van der Waals surface area contributed by atoms with Crippen LogP contribution in [-0.2, 0) is 0 Å². The van der Waals surface area contributed by atoms with Crippen molar-refractivity contribution < 1.29 is 4.79 Å². The van der Waals surface area contributed by atoms with E-state index >= 15 is 0 Å². The first-order valence-electron chi connectivity index (χ1n) is 9.15. The second-order valence-corrected chi connectivity index (χ2v) is 7.02. The maximum atomic E-state index is 12.6. The fourth-order valence-electron chi connectivity index (χ4n) is 3.15. The van der Waals surface area contributed by atoms with E-state index in [0.717, 1.165) is 33.8 Å². The normalized spacial score (nSPS) is 10.8. The topological polar surface area (TPSA) is 49.6 Å². The Hall–Kier alpha value is -3.60. The third kappa shape index (κ3) is 3.47. The second-order valence-electron chi connectivity index (χ2n) is 7.02. The van der Waals surface area contributed by atoms with Crippen molar-refractivity contribution in [3.63, 3.8) is 0 Å². The summed E-state index contributed by atoms with van der Waals surface area (Å²) in [6, 6.07) is 19.4. The number of nitrogens with one attached hydrogen (secondary N) is 1. The minimum Gasteiger partial charge on any atom is -0.378 e. The molecule has 0 saturated carbocycles. The molecule has 5 nitrogen and oxygen atoms in total. The van der Waals surface area contributed by atoms with Crippen molar-refractivity contribution in [2.24, 2.45) is 0 Å². The number of aromatic nitrogens is 2. The summed E-state index contributed by atoms with van der Waals surface area (Å²) in [6.45, 7) is 2.05. The molecule has 0 spiro atoms. The summed E-state index contributed by atoms with van der Waals surface area (Å²) in [7, 11) is 3.91. The van der Waals surface area contributed by atoms with Crippen molar-refractivity contribution in [2.75, 3.05) is 24.3 Å². The quantitative estimate of drug-likeness (QED) is 0.570. The van der Waals surface area contributed by atoms with Crippen LogP contribution in [0.4, 0.5) is 11.4 Å². The second kappa shape index (κ2) is 7.19. The van der Waals surface area contributed by atoms with Crippen LogP contribution < -0.4 is 10.2 Å². The van der Waals surface area contributed by atoms with Crippen molar-refractivity contribution >= 4 is 22.9 Å². The average molecular weight is 370 g/mol. The van der Waals surface area contributed by atoms with Crippen molar-refractivity contribution in [3.8, 4) is 11.3 Å². The van der Waals surface area contributed by atoms with Gasteiger partial charge < -0.3 is 14.6 Å². The highest BCUT2D eigenvalue weighted by atomic mass is 16.1. The molecule has 2 aromatic carbocycles. The predicted molar refractivity (Wildman–Crippen MR) is 114 cm³/mol. The molecule has 0 saturated heterocycles. The van der Waals surface area contributed by atoms with Crippen LogP contribution in [0.1, 0.15) is 15.9 Å². The number of carbonyl (C=O) groups is 1. The van der Waals surface area contributed by atoms with Crippen LogP contribution in [0.3, 0.4) is 0 Å². The molecule has 5 heteroatoms. The summed E-state index contributed by atoms with van der Waals surface area (Å²) in [5.41, 5.74) is 6.38. The summed E-state index contributed by atoms with van der Waals surface area (Å²) in [5, 5.41) is 2.96. The van der Waals surface area contributed by atoms with E-state index < -0.39 is 0 Å². The van der Waals surface area contributed by atoms with E-state index in [4.69, 9.17) is 4.98 Å². The number of pyridine rings is 1. The lowest BCUT2D eigenvalue weighted by atomic mass is 10.1. The van der Waals surface area contributed by atoms with Gasteiger partial charge >= 0.3 is 0 Å². The van der Waals surface area contributed by atoms with Crippen molar-refractivity contribution in [2.45, 2.75) is 6.92 Å².